The van der Waals surface area contributed by atoms with E-state index in [0.29, 0.717) is 0 Å². The zero-order valence-electron chi connectivity index (χ0n) is 9.44. The number of aryl methyl sites for hydroxylation is 1. The topological polar surface area (TPSA) is 53.1 Å². The predicted octanol–water partition coefficient (Wildman–Crippen LogP) is 0.859. The average molecular weight is 209 g/mol. The summed E-state index contributed by atoms with van der Waals surface area (Å²) in [6.45, 7) is 0. The Kier molecular flexibility index (Phi) is 2.80. The van der Waals surface area contributed by atoms with Gasteiger partial charge in [0.05, 0.1) is 11.3 Å². The normalized spacial score (nSPS) is 21.0. The van der Waals surface area contributed by atoms with Gasteiger partial charge in [0, 0.05) is 32.8 Å². The van der Waals surface area contributed by atoms with E-state index in [9.17, 15) is 0 Å². The molecule has 84 valence electrons. The molecule has 15 heavy (non-hydrogen) atoms. The number of ether oxygens (including phenoxy) is 1. The van der Waals surface area contributed by atoms with Gasteiger partial charge in [0.1, 0.15) is 0 Å². The Morgan fingerprint density at radius 1 is 1.67 bits per heavy atom. The van der Waals surface area contributed by atoms with E-state index in [-0.39, 0.29) is 11.6 Å². The maximum absolute atomic E-state index is 6.19. The highest BCUT2D eigenvalue weighted by atomic mass is 16.5. The van der Waals surface area contributed by atoms with Gasteiger partial charge >= 0.3 is 0 Å². The first kappa shape index (κ1) is 10.6. The minimum atomic E-state index is -0.0858. The van der Waals surface area contributed by atoms with Crippen molar-refractivity contribution in [2.45, 2.75) is 37.3 Å². The first-order valence-electron chi connectivity index (χ1n) is 5.45. The standard InChI is InChI=1S/C11H19N3O/c1-14-7-4-9(13-14)8-10(12)11(15-2)5-3-6-11/h4,7,10H,3,5-6,8,12H2,1-2H3. The Morgan fingerprint density at radius 3 is 2.80 bits per heavy atom. The molecule has 1 aliphatic rings. The van der Waals surface area contributed by atoms with Crippen molar-refractivity contribution in [1.29, 1.82) is 0 Å². The van der Waals surface area contributed by atoms with Crippen molar-refractivity contribution in [2.75, 3.05) is 7.11 Å². The largest absolute Gasteiger partial charge is 0.377 e. The van der Waals surface area contributed by atoms with Crippen molar-refractivity contribution in [3.63, 3.8) is 0 Å². The summed E-state index contributed by atoms with van der Waals surface area (Å²) in [4.78, 5) is 0. The van der Waals surface area contributed by atoms with Crippen LogP contribution in [0.5, 0.6) is 0 Å². The zero-order valence-corrected chi connectivity index (χ0v) is 9.44. The predicted molar refractivity (Wildman–Crippen MR) is 58.5 cm³/mol. The van der Waals surface area contributed by atoms with E-state index in [1.807, 2.05) is 24.0 Å². The second-order valence-electron chi connectivity index (χ2n) is 4.41. The smallest absolute Gasteiger partial charge is 0.0832 e. The summed E-state index contributed by atoms with van der Waals surface area (Å²) in [6.07, 6.45) is 6.13. The molecule has 1 aromatic heterocycles. The van der Waals surface area contributed by atoms with Crippen molar-refractivity contribution >= 4 is 0 Å². The molecule has 1 aliphatic carbocycles. The molecule has 0 aromatic carbocycles. The highest BCUT2D eigenvalue weighted by Gasteiger charge is 2.42. The molecular weight excluding hydrogens is 190 g/mol. The third-order valence-corrected chi connectivity index (χ3v) is 3.48. The lowest BCUT2D eigenvalue weighted by atomic mass is 9.73. The molecule has 2 N–H and O–H groups in total. The molecule has 0 spiro atoms. The Morgan fingerprint density at radius 2 is 2.40 bits per heavy atom. The Bertz CT molecular complexity index is 325. The highest BCUT2D eigenvalue weighted by molar-refractivity contribution is 5.07. The number of aromatic nitrogens is 2. The van der Waals surface area contributed by atoms with E-state index >= 15 is 0 Å². The molecule has 0 aliphatic heterocycles. The van der Waals surface area contributed by atoms with Crippen LogP contribution in [0.4, 0.5) is 0 Å². The van der Waals surface area contributed by atoms with Gasteiger partial charge in [-0.15, -0.1) is 0 Å². The fraction of sp³-hybridized carbons (Fsp3) is 0.727. The number of nitrogens with two attached hydrogens (primary N) is 1. The van der Waals surface area contributed by atoms with Crippen LogP contribution in [0.25, 0.3) is 0 Å². The van der Waals surface area contributed by atoms with Gasteiger partial charge in [-0.2, -0.15) is 5.10 Å². The van der Waals surface area contributed by atoms with Crippen molar-refractivity contribution in [3.8, 4) is 0 Å². The number of nitrogens with zero attached hydrogens (tertiary/aromatic N) is 2. The molecule has 1 unspecified atom stereocenters. The van der Waals surface area contributed by atoms with Crippen LogP contribution in [0.2, 0.25) is 0 Å². The van der Waals surface area contributed by atoms with Crippen LogP contribution in [0, 0.1) is 0 Å². The first-order valence-corrected chi connectivity index (χ1v) is 5.45. The van der Waals surface area contributed by atoms with Gasteiger partial charge in [-0.05, 0) is 25.3 Å². The van der Waals surface area contributed by atoms with Gasteiger partial charge in [-0.25, -0.2) is 0 Å². The van der Waals surface area contributed by atoms with Gasteiger partial charge in [0.2, 0.25) is 0 Å². The summed E-state index contributed by atoms with van der Waals surface area (Å²) in [5.74, 6) is 0. The SMILES string of the molecule is COC1(C(N)Cc2ccn(C)n2)CCC1. The summed E-state index contributed by atoms with van der Waals surface area (Å²) in [5, 5.41) is 4.34. The van der Waals surface area contributed by atoms with Crippen LogP contribution in [0.3, 0.4) is 0 Å². The highest BCUT2D eigenvalue weighted by Crippen LogP contribution is 2.38. The van der Waals surface area contributed by atoms with Crippen molar-refractivity contribution in [2.24, 2.45) is 12.8 Å². The van der Waals surface area contributed by atoms with Crippen LogP contribution in [0.15, 0.2) is 12.3 Å². The molecule has 4 nitrogen and oxygen atoms in total. The van der Waals surface area contributed by atoms with Gasteiger partial charge in [0.15, 0.2) is 0 Å². The third-order valence-electron chi connectivity index (χ3n) is 3.48. The van der Waals surface area contributed by atoms with Crippen LogP contribution in [-0.2, 0) is 18.2 Å². The van der Waals surface area contributed by atoms with E-state index in [1.54, 1.807) is 7.11 Å². The molecule has 2 rings (SSSR count). The summed E-state index contributed by atoms with van der Waals surface area (Å²) in [7, 11) is 3.68. The van der Waals surface area contributed by atoms with Crippen molar-refractivity contribution < 1.29 is 4.74 Å². The molecule has 0 saturated heterocycles. The lowest BCUT2D eigenvalue weighted by Gasteiger charge is -2.44. The molecule has 0 bridgehead atoms. The van der Waals surface area contributed by atoms with Gasteiger partial charge in [-0.3, -0.25) is 4.68 Å². The third kappa shape index (κ3) is 1.92. The lowest BCUT2D eigenvalue weighted by Crippen LogP contribution is -2.55. The fourth-order valence-electron chi connectivity index (χ4n) is 2.23. The average Bonchev–Trinajstić information content (AvgIpc) is 2.50. The molecule has 1 saturated carbocycles. The van der Waals surface area contributed by atoms with E-state index in [0.717, 1.165) is 25.0 Å². The summed E-state index contributed by atoms with van der Waals surface area (Å²) in [5.41, 5.74) is 7.16. The van der Waals surface area contributed by atoms with E-state index in [4.69, 9.17) is 10.5 Å². The minimum absolute atomic E-state index is 0.0612. The second-order valence-corrected chi connectivity index (χ2v) is 4.41. The van der Waals surface area contributed by atoms with Crippen molar-refractivity contribution in [3.05, 3.63) is 18.0 Å². The van der Waals surface area contributed by atoms with Crippen molar-refractivity contribution in [1.82, 2.24) is 9.78 Å². The molecule has 0 amide bonds. The molecule has 1 atom stereocenters. The van der Waals surface area contributed by atoms with E-state index < -0.39 is 0 Å². The molecule has 1 heterocycles. The summed E-state index contributed by atoms with van der Waals surface area (Å²) < 4.78 is 7.36. The van der Waals surface area contributed by atoms with Crippen LogP contribution >= 0.6 is 0 Å². The Balaban J connectivity index is 1.99. The Hall–Kier alpha value is -0.870. The van der Waals surface area contributed by atoms with E-state index in [2.05, 4.69) is 5.10 Å². The number of rotatable bonds is 4. The molecule has 1 fully saturated rings. The molecule has 0 radical (unpaired) electrons. The second kappa shape index (κ2) is 3.94. The lowest BCUT2D eigenvalue weighted by molar-refractivity contribution is -0.0898. The maximum Gasteiger partial charge on any atom is 0.0832 e. The fourth-order valence-corrected chi connectivity index (χ4v) is 2.23. The first-order chi connectivity index (χ1) is 7.16. The minimum Gasteiger partial charge on any atom is -0.377 e. The molecule has 1 aromatic rings. The monoisotopic (exact) mass is 209 g/mol. The summed E-state index contributed by atoms with van der Waals surface area (Å²) >= 11 is 0. The molecule has 4 heteroatoms. The van der Waals surface area contributed by atoms with Gasteiger partial charge in [-0.1, -0.05) is 0 Å². The van der Waals surface area contributed by atoms with Gasteiger partial charge in [0.25, 0.3) is 0 Å². The van der Waals surface area contributed by atoms with Crippen LogP contribution in [0.1, 0.15) is 25.0 Å². The van der Waals surface area contributed by atoms with E-state index in [1.165, 1.54) is 6.42 Å². The van der Waals surface area contributed by atoms with Crippen LogP contribution < -0.4 is 5.73 Å². The zero-order chi connectivity index (χ0) is 10.9. The van der Waals surface area contributed by atoms with Crippen LogP contribution in [-0.4, -0.2) is 28.5 Å². The number of hydrogen-bond donors (Lipinski definition) is 1. The van der Waals surface area contributed by atoms with Gasteiger partial charge < -0.3 is 10.5 Å². The molecular formula is C11H19N3O. The maximum atomic E-state index is 6.19. The Labute approximate surface area is 90.4 Å². The quantitative estimate of drug-likeness (QED) is 0.800. The number of methoxy groups -OCH3 is 1. The summed E-state index contributed by atoms with van der Waals surface area (Å²) in [6, 6.07) is 2.08. The number of hydrogen-bond acceptors (Lipinski definition) is 3.